The summed E-state index contributed by atoms with van der Waals surface area (Å²) in [7, 11) is 0. The van der Waals surface area contributed by atoms with Crippen LogP contribution in [0.3, 0.4) is 0 Å². The summed E-state index contributed by atoms with van der Waals surface area (Å²) in [5, 5.41) is 13.9. The molecule has 24 heavy (non-hydrogen) atoms. The highest BCUT2D eigenvalue weighted by molar-refractivity contribution is 5.93. The number of carbonyl (C=O) groups excluding carboxylic acids is 1. The lowest BCUT2D eigenvalue weighted by Crippen LogP contribution is -2.21. The van der Waals surface area contributed by atoms with E-state index >= 15 is 0 Å². The van der Waals surface area contributed by atoms with Crippen molar-refractivity contribution in [3.8, 4) is 11.4 Å². The molecule has 0 saturated heterocycles. The van der Waals surface area contributed by atoms with Crippen LogP contribution >= 0.6 is 0 Å². The van der Waals surface area contributed by atoms with Gasteiger partial charge in [0.25, 0.3) is 5.91 Å². The van der Waals surface area contributed by atoms with Crippen LogP contribution in [0, 0.1) is 13.8 Å². The average molecular weight is 323 g/mol. The zero-order chi connectivity index (χ0) is 16.9. The maximum absolute atomic E-state index is 12.1. The van der Waals surface area contributed by atoms with Crippen molar-refractivity contribution in [3.63, 3.8) is 0 Å². The number of carbonyl (C=O) groups is 1. The Labute approximate surface area is 139 Å². The quantitative estimate of drug-likeness (QED) is 0.779. The highest BCUT2D eigenvalue weighted by atomic mass is 16.5. The van der Waals surface area contributed by atoms with E-state index in [1.807, 2.05) is 44.2 Å². The molecule has 0 saturated carbocycles. The van der Waals surface area contributed by atoms with Crippen molar-refractivity contribution in [1.82, 2.24) is 20.2 Å². The number of amides is 1. The first kappa shape index (κ1) is 15.7. The van der Waals surface area contributed by atoms with E-state index in [4.69, 9.17) is 4.74 Å². The van der Waals surface area contributed by atoms with Gasteiger partial charge in [0, 0.05) is 5.69 Å². The number of aromatic nitrogens is 4. The number of ether oxygens (including phenoxy) is 1. The number of tetrazole rings is 1. The normalized spacial score (nSPS) is 10.4. The number of para-hydroxylation sites is 1. The van der Waals surface area contributed by atoms with Crippen LogP contribution in [-0.4, -0.2) is 32.7 Å². The smallest absolute Gasteiger partial charge is 0.262 e. The van der Waals surface area contributed by atoms with Crippen molar-refractivity contribution in [2.24, 2.45) is 0 Å². The Morgan fingerprint density at radius 3 is 2.46 bits per heavy atom. The molecule has 1 heterocycles. The Morgan fingerprint density at radius 2 is 1.83 bits per heavy atom. The van der Waals surface area contributed by atoms with Gasteiger partial charge in [-0.25, -0.2) is 4.68 Å². The molecule has 7 nitrogen and oxygen atoms in total. The second kappa shape index (κ2) is 6.91. The van der Waals surface area contributed by atoms with Gasteiger partial charge in [-0.1, -0.05) is 18.2 Å². The lowest BCUT2D eigenvalue weighted by Gasteiger charge is -2.12. The number of nitrogens with zero attached hydrogens (tertiary/aromatic N) is 4. The van der Waals surface area contributed by atoms with Crippen molar-refractivity contribution in [2.75, 3.05) is 11.9 Å². The summed E-state index contributed by atoms with van der Waals surface area (Å²) in [5.41, 5.74) is 3.69. The first-order valence-electron chi connectivity index (χ1n) is 7.46. The molecule has 1 amide bonds. The lowest BCUT2D eigenvalue weighted by molar-refractivity contribution is -0.118. The molecule has 0 fully saturated rings. The molecule has 0 bridgehead atoms. The Hall–Kier alpha value is -3.22. The highest BCUT2D eigenvalue weighted by Gasteiger charge is 2.08. The van der Waals surface area contributed by atoms with Gasteiger partial charge in [0.15, 0.2) is 6.61 Å². The minimum Gasteiger partial charge on any atom is -0.484 e. The maximum atomic E-state index is 12.1. The molecular formula is C17H17N5O2. The fraction of sp³-hybridized carbons (Fsp3) is 0.176. The summed E-state index contributed by atoms with van der Waals surface area (Å²) in [6.07, 6.45) is 1.51. The molecule has 0 aliphatic heterocycles. The molecule has 3 rings (SSSR count). The summed E-state index contributed by atoms with van der Waals surface area (Å²) in [6, 6.07) is 13.0. The number of nitrogens with one attached hydrogen (secondary N) is 1. The Balaban J connectivity index is 1.58. The fourth-order valence-electron chi connectivity index (χ4n) is 2.31. The third kappa shape index (κ3) is 3.57. The Morgan fingerprint density at radius 1 is 1.12 bits per heavy atom. The predicted octanol–water partition coefficient (Wildman–Crippen LogP) is 2.30. The average Bonchev–Trinajstić information content (AvgIpc) is 3.11. The number of benzene rings is 2. The minimum atomic E-state index is -0.197. The molecule has 0 spiro atoms. The van der Waals surface area contributed by atoms with Crippen LogP contribution in [0.1, 0.15) is 11.1 Å². The van der Waals surface area contributed by atoms with Crippen LogP contribution in [0.5, 0.6) is 5.75 Å². The highest BCUT2D eigenvalue weighted by Crippen LogP contribution is 2.19. The monoisotopic (exact) mass is 323 g/mol. The van der Waals surface area contributed by atoms with E-state index in [9.17, 15) is 4.79 Å². The topological polar surface area (TPSA) is 81.9 Å². The van der Waals surface area contributed by atoms with E-state index in [2.05, 4.69) is 20.8 Å². The van der Waals surface area contributed by atoms with E-state index < -0.39 is 0 Å². The summed E-state index contributed by atoms with van der Waals surface area (Å²) >= 11 is 0. The molecule has 0 atom stereocenters. The first-order valence-corrected chi connectivity index (χ1v) is 7.46. The minimum absolute atomic E-state index is 0.0575. The number of hydrogen-bond donors (Lipinski definition) is 1. The summed E-state index contributed by atoms with van der Waals surface area (Å²) in [6.45, 7) is 3.86. The third-order valence-electron chi connectivity index (χ3n) is 3.57. The molecule has 0 unspecified atom stereocenters. The van der Waals surface area contributed by atoms with Crippen LogP contribution < -0.4 is 10.1 Å². The third-order valence-corrected chi connectivity index (χ3v) is 3.57. The van der Waals surface area contributed by atoms with E-state index in [-0.39, 0.29) is 12.5 Å². The lowest BCUT2D eigenvalue weighted by atomic mass is 10.1. The molecule has 0 radical (unpaired) electrons. The van der Waals surface area contributed by atoms with E-state index in [0.29, 0.717) is 5.75 Å². The SMILES string of the molecule is Cc1cccc(C)c1NC(=O)COc1ccc(-n2cnnn2)cc1. The van der Waals surface area contributed by atoms with E-state index in [0.717, 1.165) is 22.5 Å². The number of rotatable bonds is 5. The van der Waals surface area contributed by atoms with Gasteiger partial charge in [0.2, 0.25) is 0 Å². The van der Waals surface area contributed by atoms with Crippen molar-refractivity contribution in [3.05, 3.63) is 59.9 Å². The summed E-state index contributed by atoms with van der Waals surface area (Å²) in [5.74, 6) is 0.403. The Bertz CT molecular complexity index is 808. The number of hydrogen-bond acceptors (Lipinski definition) is 5. The standard InChI is InChI=1S/C17H17N5O2/c1-12-4-3-5-13(2)17(12)19-16(23)10-24-15-8-6-14(7-9-15)22-11-18-20-21-22/h3-9,11H,10H2,1-2H3,(H,19,23). The first-order chi connectivity index (χ1) is 11.6. The van der Waals surface area contributed by atoms with Crippen molar-refractivity contribution < 1.29 is 9.53 Å². The second-order valence-corrected chi connectivity index (χ2v) is 5.35. The van der Waals surface area contributed by atoms with Crippen LogP contribution in [0.2, 0.25) is 0 Å². The van der Waals surface area contributed by atoms with Gasteiger partial charge in [0.1, 0.15) is 12.1 Å². The molecule has 2 aromatic carbocycles. The predicted molar refractivity (Wildman–Crippen MR) is 89.2 cm³/mol. The van der Waals surface area contributed by atoms with Crippen LogP contribution in [0.25, 0.3) is 5.69 Å². The van der Waals surface area contributed by atoms with E-state index in [1.54, 1.807) is 12.1 Å². The van der Waals surface area contributed by atoms with Crippen LogP contribution in [0.4, 0.5) is 5.69 Å². The summed E-state index contributed by atoms with van der Waals surface area (Å²) < 4.78 is 7.06. The largest absolute Gasteiger partial charge is 0.484 e. The Kier molecular flexibility index (Phi) is 4.51. The van der Waals surface area contributed by atoms with Crippen molar-refractivity contribution in [1.29, 1.82) is 0 Å². The summed E-state index contributed by atoms with van der Waals surface area (Å²) in [4.78, 5) is 12.1. The van der Waals surface area contributed by atoms with Crippen LogP contribution in [-0.2, 0) is 4.79 Å². The van der Waals surface area contributed by atoms with E-state index in [1.165, 1.54) is 11.0 Å². The van der Waals surface area contributed by atoms with Gasteiger partial charge in [-0.2, -0.15) is 0 Å². The maximum Gasteiger partial charge on any atom is 0.262 e. The van der Waals surface area contributed by atoms with Gasteiger partial charge in [-0.15, -0.1) is 5.10 Å². The zero-order valence-corrected chi connectivity index (χ0v) is 13.4. The molecule has 7 heteroatoms. The van der Waals surface area contributed by atoms with Gasteiger partial charge < -0.3 is 10.1 Å². The van der Waals surface area contributed by atoms with Gasteiger partial charge >= 0.3 is 0 Å². The molecule has 122 valence electrons. The fourth-order valence-corrected chi connectivity index (χ4v) is 2.31. The van der Waals surface area contributed by atoms with Gasteiger partial charge in [0.05, 0.1) is 5.69 Å². The molecule has 0 aliphatic carbocycles. The van der Waals surface area contributed by atoms with Gasteiger partial charge in [-0.05, 0) is 59.7 Å². The second-order valence-electron chi connectivity index (χ2n) is 5.35. The van der Waals surface area contributed by atoms with Crippen molar-refractivity contribution >= 4 is 11.6 Å². The molecule has 1 N–H and O–H groups in total. The molecular weight excluding hydrogens is 306 g/mol. The molecule has 1 aromatic heterocycles. The number of anilines is 1. The van der Waals surface area contributed by atoms with Gasteiger partial charge in [-0.3, -0.25) is 4.79 Å². The molecule has 3 aromatic rings. The number of aryl methyl sites for hydroxylation is 2. The molecule has 0 aliphatic rings. The zero-order valence-electron chi connectivity index (χ0n) is 13.4. The van der Waals surface area contributed by atoms with Crippen LogP contribution in [0.15, 0.2) is 48.8 Å². The van der Waals surface area contributed by atoms with Crippen molar-refractivity contribution in [2.45, 2.75) is 13.8 Å².